The van der Waals surface area contributed by atoms with Gasteiger partial charge in [0.2, 0.25) is 0 Å². The van der Waals surface area contributed by atoms with Crippen molar-refractivity contribution in [3.63, 3.8) is 0 Å². The van der Waals surface area contributed by atoms with Crippen LogP contribution in [0.3, 0.4) is 0 Å². The summed E-state index contributed by atoms with van der Waals surface area (Å²) in [5.74, 6) is 0.906. The molecule has 150 valence electrons. The number of furan rings is 1. The molecule has 0 bridgehead atoms. The number of benzene rings is 2. The van der Waals surface area contributed by atoms with Crippen molar-refractivity contribution in [2.24, 2.45) is 0 Å². The van der Waals surface area contributed by atoms with Crippen molar-refractivity contribution in [1.82, 2.24) is 5.32 Å². The van der Waals surface area contributed by atoms with E-state index in [9.17, 15) is 9.59 Å². The summed E-state index contributed by atoms with van der Waals surface area (Å²) in [5.41, 5.74) is 0.757. The molecule has 0 aliphatic heterocycles. The molecule has 0 saturated carbocycles. The Bertz CT molecular complexity index is 936. The Morgan fingerprint density at radius 3 is 2.31 bits per heavy atom. The van der Waals surface area contributed by atoms with Gasteiger partial charge in [-0.05, 0) is 55.5 Å². The first-order chi connectivity index (χ1) is 14.2. The SMILES string of the molecule is CCOc1ccc(OCCNC(=O)c2ccccc2NC(=O)c2ccco2)cc1. The van der Waals surface area contributed by atoms with E-state index in [1.165, 1.54) is 6.26 Å². The molecule has 0 aliphatic rings. The van der Waals surface area contributed by atoms with Crippen LogP contribution in [0, 0.1) is 0 Å². The average Bonchev–Trinajstić information content (AvgIpc) is 3.28. The zero-order chi connectivity index (χ0) is 20.5. The molecular weight excluding hydrogens is 372 g/mol. The highest BCUT2D eigenvalue weighted by Crippen LogP contribution is 2.18. The van der Waals surface area contributed by atoms with Gasteiger partial charge in [-0.1, -0.05) is 12.1 Å². The number of ether oxygens (including phenoxy) is 2. The molecule has 2 N–H and O–H groups in total. The molecule has 0 radical (unpaired) electrons. The third kappa shape index (κ3) is 5.62. The van der Waals surface area contributed by atoms with Crippen LogP contribution < -0.4 is 20.1 Å². The number of para-hydroxylation sites is 1. The van der Waals surface area contributed by atoms with E-state index in [0.717, 1.165) is 5.75 Å². The van der Waals surface area contributed by atoms with Gasteiger partial charge in [0.05, 0.1) is 30.7 Å². The van der Waals surface area contributed by atoms with Gasteiger partial charge < -0.3 is 24.5 Å². The lowest BCUT2D eigenvalue weighted by Crippen LogP contribution is -2.29. The first kappa shape index (κ1) is 20.0. The van der Waals surface area contributed by atoms with E-state index in [2.05, 4.69) is 10.6 Å². The van der Waals surface area contributed by atoms with E-state index in [0.29, 0.717) is 36.8 Å². The van der Waals surface area contributed by atoms with Crippen molar-refractivity contribution < 1.29 is 23.5 Å². The maximum absolute atomic E-state index is 12.5. The first-order valence-electron chi connectivity index (χ1n) is 9.25. The predicted octanol–water partition coefficient (Wildman–Crippen LogP) is 3.74. The molecule has 2 amide bonds. The van der Waals surface area contributed by atoms with Crippen LogP contribution >= 0.6 is 0 Å². The topological polar surface area (TPSA) is 89.8 Å². The summed E-state index contributed by atoms with van der Waals surface area (Å²) < 4.78 is 16.1. The Labute approximate surface area is 168 Å². The third-order valence-corrected chi connectivity index (χ3v) is 3.96. The molecule has 3 aromatic rings. The molecule has 3 rings (SSSR count). The smallest absolute Gasteiger partial charge is 0.291 e. The lowest BCUT2D eigenvalue weighted by Gasteiger charge is -2.11. The van der Waals surface area contributed by atoms with Gasteiger partial charge in [0.1, 0.15) is 18.1 Å². The number of rotatable bonds is 9. The van der Waals surface area contributed by atoms with Gasteiger partial charge >= 0.3 is 0 Å². The summed E-state index contributed by atoms with van der Waals surface area (Å²) >= 11 is 0. The maximum atomic E-state index is 12.5. The number of anilines is 1. The van der Waals surface area contributed by atoms with Crippen LogP contribution in [0.4, 0.5) is 5.69 Å². The van der Waals surface area contributed by atoms with E-state index in [1.54, 1.807) is 36.4 Å². The minimum absolute atomic E-state index is 0.170. The third-order valence-electron chi connectivity index (χ3n) is 3.96. The van der Waals surface area contributed by atoms with Crippen LogP contribution in [-0.4, -0.2) is 31.6 Å². The second kappa shape index (κ2) is 9.98. The lowest BCUT2D eigenvalue weighted by atomic mass is 10.1. The normalized spacial score (nSPS) is 10.2. The molecule has 7 nitrogen and oxygen atoms in total. The van der Waals surface area contributed by atoms with E-state index >= 15 is 0 Å². The van der Waals surface area contributed by atoms with Crippen LogP contribution in [0.5, 0.6) is 11.5 Å². The summed E-state index contributed by atoms with van der Waals surface area (Å²) in [4.78, 5) is 24.7. The van der Waals surface area contributed by atoms with E-state index in [1.807, 2.05) is 31.2 Å². The standard InChI is InChI=1S/C22H22N2O5/c1-2-27-16-9-11-17(12-10-16)28-15-13-23-21(25)18-6-3-4-7-19(18)24-22(26)20-8-5-14-29-20/h3-12,14H,2,13,15H2,1H3,(H,23,25)(H,24,26). The van der Waals surface area contributed by atoms with E-state index in [-0.39, 0.29) is 11.7 Å². The fraction of sp³-hybridized carbons (Fsp3) is 0.182. The summed E-state index contributed by atoms with van der Waals surface area (Å²) in [5, 5.41) is 5.47. The van der Waals surface area contributed by atoms with Gasteiger partial charge in [0.25, 0.3) is 11.8 Å². The Balaban J connectivity index is 1.51. The molecule has 0 aliphatic carbocycles. The number of hydrogen-bond acceptors (Lipinski definition) is 5. The Morgan fingerprint density at radius 2 is 1.62 bits per heavy atom. The highest BCUT2D eigenvalue weighted by molar-refractivity contribution is 6.07. The molecule has 7 heteroatoms. The summed E-state index contributed by atoms with van der Waals surface area (Å²) in [6.07, 6.45) is 1.41. The van der Waals surface area contributed by atoms with Crippen molar-refractivity contribution in [3.8, 4) is 11.5 Å². The monoisotopic (exact) mass is 394 g/mol. The number of hydrogen-bond donors (Lipinski definition) is 2. The van der Waals surface area contributed by atoms with Crippen molar-refractivity contribution in [3.05, 3.63) is 78.3 Å². The van der Waals surface area contributed by atoms with Gasteiger partial charge in [0, 0.05) is 0 Å². The van der Waals surface area contributed by atoms with Gasteiger partial charge in [-0.15, -0.1) is 0 Å². The quantitative estimate of drug-likeness (QED) is 0.540. The van der Waals surface area contributed by atoms with Crippen molar-refractivity contribution in [2.45, 2.75) is 6.92 Å². The highest BCUT2D eigenvalue weighted by Gasteiger charge is 2.15. The number of carbonyl (C=O) groups excluding carboxylic acids is 2. The molecule has 0 saturated heterocycles. The predicted molar refractivity (Wildman–Crippen MR) is 109 cm³/mol. The van der Waals surface area contributed by atoms with Crippen LogP contribution in [0.25, 0.3) is 0 Å². The molecule has 0 fully saturated rings. The molecule has 1 heterocycles. The second-order valence-corrected chi connectivity index (χ2v) is 5.99. The molecule has 0 unspecified atom stereocenters. The van der Waals surface area contributed by atoms with Crippen molar-refractivity contribution >= 4 is 17.5 Å². The summed E-state index contributed by atoms with van der Waals surface area (Å²) in [6, 6.07) is 17.2. The number of carbonyl (C=O) groups is 2. The van der Waals surface area contributed by atoms with E-state index in [4.69, 9.17) is 13.9 Å². The molecule has 29 heavy (non-hydrogen) atoms. The molecule has 0 atom stereocenters. The minimum atomic E-state index is -0.422. The highest BCUT2D eigenvalue weighted by atomic mass is 16.5. The Hall–Kier alpha value is -3.74. The van der Waals surface area contributed by atoms with Crippen LogP contribution in [0.1, 0.15) is 27.8 Å². The molecular formula is C22H22N2O5. The van der Waals surface area contributed by atoms with Crippen LogP contribution in [0.2, 0.25) is 0 Å². The number of amides is 2. The molecule has 0 spiro atoms. The summed E-state index contributed by atoms with van der Waals surface area (Å²) in [7, 11) is 0. The fourth-order valence-electron chi connectivity index (χ4n) is 2.61. The van der Waals surface area contributed by atoms with Crippen molar-refractivity contribution in [2.75, 3.05) is 25.1 Å². The van der Waals surface area contributed by atoms with E-state index < -0.39 is 5.91 Å². The number of nitrogens with one attached hydrogen (secondary N) is 2. The fourth-order valence-corrected chi connectivity index (χ4v) is 2.61. The first-order valence-corrected chi connectivity index (χ1v) is 9.25. The lowest BCUT2D eigenvalue weighted by molar-refractivity contribution is 0.0948. The minimum Gasteiger partial charge on any atom is -0.494 e. The van der Waals surface area contributed by atoms with Gasteiger partial charge in [-0.25, -0.2) is 0 Å². The average molecular weight is 394 g/mol. The summed E-state index contributed by atoms with van der Waals surface area (Å²) in [6.45, 7) is 3.15. The Kier molecular flexibility index (Phi) is 6.89. The largest absolute Gasteiger partial charge is 0.494 e. The van der Waals surface area contributed by atoms with Gasteiger partial charge in [0.15, 0.2) is 5.76 Å². The second-order valence-electron chi connectivity index (χ2n) is 5.99. The maximum Gasteiger partial charge on any atom is 0.291 e. The van der Waals surface area contributed by atoms with Gasteiger partial charge in [-0.3, -0.25) is 9.59 Å². The van der Waals surface area contributed by atoms with Crippen molar-refractivity contribution in [1.29, 1.82) is 0 Å². The Morgan fingerprint density at radius 1 is 0.897 bits per heavy atom. The molecule has 1 aromatic heterocycles. The van der Waals surface area contributed by atoms with Gasteiger partial charge in [-0.2, -0.15) is 0 Å². The van der Waals surface area contributed by atoms with Crippen LogP contribution in [0.15, 0.2) is 71.3 Å². The zero-order valence-electron chi connectivity index (χ0n) is 16.0. The molecule has 2 aromatic carbocycles. The zero-order valence-corrected chi connectivity index (χ0v) is 16.0. The van der Waals surface area contributed by atoms with Crippen LogP contribution in [-0.2, 0) is 0 Å².